The van der Waals surface area contributed by atoms with Crippen LogP contribution in [0.25, 0.3) is 44.1 Å². The number of benzene rings is 3. The molecule has 2 nitrogen and oxygen atoms in total. The Morgan fingerprint density at radius 3 is 1.31 bits per heavy atom. The van der Waals surface area contributed by atoms with Gasteiger partial charge in [-0.15, -0.1) is 0 Å². The molecule has 0 aliphatic heterocycles. The minimum atomic E-state index is 0.965. The van der Waals surface area contributed by atoms with E-state index in [4.69, 9.17) is 9.97 Å². The van der Waals surface area contributed by atoms with E-state index in [2.05, 4.69) is 98.8 Å². The third kappa shape index (κ3) is 3.78. The SMILES string of the molecule is CCCc1cc(-c2ccccc2)c2ccc3c(-c4ccccc4)cc(CCC)nc3c2n1. The summed E-state index contributed by atoms with van der Waals surface area (Å²) in [7, 11) is 0. The Morgan fingerprint density at radius 2 is 0.938 bits per heavy atom. The molecule has 0 radical (unpaired) electrons. The number of hydrogen-bond donors (Lipinski definition) is 0. The molecule has 0 spiro atoms. The second-order valence-corrected chi connectivity index (χ2v) is 8.41. The van der Waals surface area contributed by atoms with E-state index in [0.717, 1.165) is 48.1 Å². The summed E-state index contributed by atoms with van der Waals surface area (Å²) in [5, 5.41) is 2.34. The maximum Gasteiger partial charge on any atom is 0.0974 e. The highest BCUT2D eigenvalue weighted by atomic mass is 14.8. The van der Waals surface area contributed by atoms with Gasteiger partial charge in [0.05, 0.1) is 11.0 Å². The number of rotatable bonds is 6. The van der Waals surface area contributed by atoms with Crippen molar-refractivity contribution < 1.29 is 0 Å². The van der Waals surface area contributed by atoms with Crippen LogP contribution in [0.1, 0.15) is 38.1 Å². The molecule has 158 valence electrons. The molecule has 0 unspecified atom stereocenters. The highest BCUT2D eigenvalue weighted by Gasteiger charge is 2.15. The number of aromatic nitrogens is 2. The predicted octanol–water partition coefficient (Wildman–Crippen LogP) is 8.02. The summed E-state index contributed by atoms with van der Waals surface area (Å²) in [6.45, 7) is 4.42. The van der Waals surface area contributed by atoms with Crippen molar-refractivity contribution in [3.05, 3.63) is 96.3 Å². The Kier molecular flexibility index (Phi) is 5.68. The standard InChI is InChI=1S/C30H28N2/c1-3-11-23-19-27(21-13-7-5-8-14-21)25-17-18-26-28(22-15-9-6-10-16-22)20-24(12-4-2)32-30(26)29(25)31-23/h5-10,13-20H,3-4,11-12H2,1-2H3. The lowest BCUT2D eigenvalue weighted by Crippen LogP contribution is -1.98. The average molecular weight is 417 g/mol. The lowest BCUT2D eigenvalue weighted by molar-refractivity contribution is 0.886. The molecule has 0 saturated carbocycles. The summed E-state index contributed by atoms with van der Waals surface area (Å²) in [5.74, 6) is 0. The Balaban J connectivity index is 1.87. The monoisotopic (exact) mass is 416 g/mol. The van der Waals surface area contributed by atoms with Gasteiger partial charge < -0.3 is 0 Å². The zero-order chi connectivity index (χ0) is 21.9. The average Bonchev–Trinajstić information content (AvgIpc) is 2.84. The normalized spacial score (nSPS) is 11.3. The molecule has 3 aromatic carbocycles. The summed E-state index contributed by atoms with van der Waals surface area (Å²) < 4.78 is 0. The van der Waals surface area contributed by atoms with Crippen LogP contribution in [0.4, 0.5) is 0 Å². The van der Waals surface area contributed by atoms with E-state index in [1.54, 1.807) is 0 Å². The van der Waals surface area contributed by atoms with Crippen LogP contribution in [-0.4, -0.2) is 9.97 Å². The van der Waals surface area contributed by atoms with Crippen LogP contribution in [-0.2, 0) is 12.8 Å². The molecule has 5 rings (SSSR count). The van der Waals surface area contributed by atoms with Crippen LogP contribution >= 0.6 is 0 Å². The van der Waals surface area contributed by atoms with Crippen molar-refractivity contribution >= 4 is 21.8 Å². The fourth-order valence-corrected chi connectivity index (χ4v) is 4.56. The minimum Gasteiger partial charge on any atom is -0.250 e. The molecule has 0 saturated heterocycles. The Bertz CT molecular complexity index is 1260. The number of nitrogens with zero attached hydrogens (tertiary/aromatic N) is 2. The number of aryl methyl sites for hydroxylation is 2. The van der Waals surface area contributed by atoms with Crippen LogP contribution in [0.15, 0.2) is 84.9 Å². The molecule has 0 fully saturated rings. The Labute approximate surface area is 190 Å². The quantitative estimate of drug-likeness (QED) is 0.262. The molecule has 5 aromatic rings. The summed E-state index contributed by atoms with van der Waals surface area (Å²) in [5.41, 5.74) is 9.24. The molecule has 2 heteroatoms. The second-order valence-electron chi connectivity index (χ2n) is 8.41. The highest BCUT2D eigenvalue weighted by molar-refractivity contribution is 6.12. The van der Waals surface area contributed by atoms with Crippen LogP contribution < -0.4 is 0 Å². The molecule has 0 aliphatic carbocycles. The first-order valence-electron chi connectivity index (χ1n) is 11.7. The maximum absolute atomic E-state index is 5.15. The third-order valence-corrected chi connectivity index (χ3v) is 6.05. The molecule has 0 N–H and O–H groups in total. The first kappa shape index (κ1) is 20.4. The first-order valence-corrected chi connectivity index (χ1v) is 11.7. The number of hydrogen-bond acceptors (Lipinski definition) is 2. The van der Waals surface area contributed by atoms with Crippen molar-refractivity contribution in [1.29, 1.82) is 0 Å². The fraction of sp³-hybridized carbons (Fsp3) is 0.200. The van der Waals surface area contributed by atoms with Gasteiger partial charge in [-0.1, -0.05) is 99.5 Å². The van der Waals surface area contributed by atoms with E-state index < -0.39 is 0 Å². The second kappa shape index (κ2) is 8.92. The lowest BCUT2D eigenvalue weighted by atomic mass is 9.94. The van der Waals surface area contributed by atoms with Gasteiger partial charge >= 0.3 is 0 Å². The summed E-state index contributed by atoms with van der Waals surface area (Å²) in [6, 6.07) is 30.3. The van der Waals surface area contributed by atoms with Gasteiger partial charge in [0.15, 0.2) is 0 Å². The van der Waals surface area contributed by atoms with Crippen molar-refractivity contribution in [1.82, 2.24) is 9.97 Å². The van der Waals surface area contributed by atoms with Gasteiger partial charge in [-0.05, 0) is 47.2 Å². The largest absolute Gasteiger partial charge is 0.250 e. The van der Waals surface area contributed by atoms with Crippen LogP contribution in [0.3, 0.4) is 0 Å². The minimum absolute atomic E-state index is 0.965. The summed E-state index contributed by atoms with van der Waals surface area (Å²) in [6.07, 6.45) is 4.07. The van der Waals surface area contributed by atoms with Crippen molar-refractivity contribution in [2.24, 2.45) is 0 Å². The van der Waals surface area contributed by atoms with E-state index in [9.17, 15) is 0 Å². The van der Waals surface area contributed by atoms with Crippen LogP contribution in [0.5, 0.6) is 0 Å². The number of pyridine rings is 2. The van der Waals surface area contributed by atoms with Crippen molar-refractivity contribution in [3.63, 3.8) is 0 Å². The Morgan fingerprint density at radius 1 is 0.531 bits per heavy atom. The molecule has 2 aromatic heterocycles. The van der Waals surface area contributed by atoms with Crippen molar-refractivity contribution in [2.45, 2.75) is 39.5 Å². The highest BCUT2D eigenvalue weighted by Crippen LogP contribution is 2.36. The molecular weight excluding hydrogens is 388 g/mol. The summed E-state index contributed by atoms with van der Waals surface area (Å²) in [4.78, 5) is 10.3. The van der Waals surface area contributed by atoms with E-state index in [-0.39, 0.29) is 0 Å². The fourth-order valence-electron chi connectivity index (χ4n) is 4.56. The molecule has 0 atom stereocenters. The van der Waals surface area contributed by atoms with Gasteiger partial charge in [-0.3, -0.25) is 9.97 Å². The van der Waals surface area contributed by atoms with E-state index in [1.807, 2.05) is 0 Å². The maximum atomic E-state index is 5.15. The van der Waals surface area contributed by atoms with Gasteiger partial charge in [0.25, 0.3) is 0 Å². The predicted molar refractivity (Wildman–Crippen MR) is 136 cm³/mol. The smallest absolute Gasteiger partial charge is 0.0974 e. The van der Waals surface area contributed by atoms with Gasteiger partial charge in [0.1, 0.15) is 0 Å². The van der Waals surface area contributed by atoms with Gasteiger partial charge in [-0.2, -0.15) is 0 Å². The molecule has 0 amide bonds. The third-order valence-electron chi connectivity index (χ3n) is 6.05. The van der Waals surface area contributed by atoms with Crippen LogP contribution in [0, 0.1) is 0 Å². The Hall–Kier alpha value is -3.52. The van der Waals surface area contributed by atoms with Gasteiger partial charge in [-0.25, -0.2) is 0 Å². The lowest BCUT2D eigenvalue weighted by Gasteiger charge is -2.15. The van der Waals surface area contributed by atoms with Gasteiger partial charge in [0, 0.05) is 22.2 Å². The zero-order valence-electron chi connectivity index (χ0n) is 18.8. The molecule has 0 bridgehead atoms. The van der Waals surface area contributed by atoms with Gasteiger partial charge in [0.2, 0.25) is 0 Å². The zero-order valence-corrected chi connectivity index (χ0v) is 18.8. The first-order chi connectivity index (χ1) is 15.8. The molecule has 2 heterocycles. The molecular formula is C30H28N2. The molecule has 32 heavy (non-hydrogen) atoms. The van der Waals surface area contributed by atoms with E-state index in [1.165, 1.54) is 33.0 Å². The molecule has 0 aliphatic rings. The number of fused-ring (bicyclic) bond motifs is 3. The summed E-state index contributed by atoms with van der Waals surface area (Å²) >= 11 is 0. The van der Waals surface area contributed by atoms with E-state index >= 15 is 0 Å². The topological polar surface area (TPSA) is 25.8 Å². The van der Waals surface area contributed by atoms with Crippen molar-refractivity contribution in [2.75, 3.05) is 0 Å². The van der Waals surface area contributed by atoms with E-state index in [0.29, 0.717) is 0 Å². The van der Waals surface area contributed by atoms with Crippen LogP contribution in [0.2, 0.25) is 0 Å². The van der Waals surface area contributed by atoms with Crippen molar-refractivity contribution in [3.8, 4) is 22.3 Å².